The van der Waals surface area contributed by atoms with Gasteiger partial charge in [-0.05, 0) is 6.92 Å². The second kappa shape index (κ2) is 3.76. The highest BCUT2D eigenvalue weighted by Crippen LogP contribution is 2.13. The second-order valence-corrected chi connectivity index (χ2v) is 3.48. The van der Waals surface area contributed by atoms with Gasteiger partial charge in [-0.1, -0.05) is 5.21 Å². The first-order valence-electron chi connectivity index (χ1n) is 4.70. The minimum Gasteiger partial charge on any atom is -0.481 e. The Labute approximate surface area is 91.3 Å². The van der Waals surface area contributed by atoms with Crippen LogP contribution in [0.5, 0.6) is 0 Å². The predicted octanol–water partition coefficient (Wildman–Crippen LogP) is -0.0637. The Kier molecular flexibility index (Phi) is 2.43. The minimum atomic E-state index is -0.912. The molecule has 0 aliphatic rings. The van der Waals surface area contributed by atoms with Gasteiger partial charge in [-0.2, -0.15) is 5.10 Å². The van der Waals surface area contributed by atoms with E-state index in [0.29, 0.717) is 5.69 Å². The van der Waals surface area contributed by atoms with Crippen LogP contribution in [-0.4, -0.2) is 35.9 Å². The molecule has 0 aliphatic carbocycles. The summed E-state index contributed by atoms with van der Waals surface area (Å²) in [7, 11) is 1.80. The maximum Gasteiger partial charge on any atom is 0.309 e. The summed E-state index contributed by atoms with van der Waals surface area (Å²) in [5.74, 6) is -0.912. The Bertz CT molecular complexity index is 528. The SMILES string of the molecule is Cc1nn(C)cc1-n1nncc1CC(=O)O. The van der Waals surface area contributed by atoms with Crippen molar-refractivity contribution in [3.8, 4) is 5.69 Å². The molecule has 16 heavy (non-hydrogen) atoms. The van der Waals surface area contributed by atoms with Crippen LogP contribution in [0.3, 0.4) is 0 Å². The van der Waals surface area contributed by atoms with Gasteiger partial charge in [0.15, 0.2) is 0 Å². The fourth-order valence-electron chi connectivity index (χ4n) is 1.53. The van der Waals surface area contributed by atoms with E-state index >= 15 is 0 Å². The van der Waals surface area contributed by atoms with E-state index in [9.17, 15) is 4.79 Å². The molecule has 0 bridgehead atoms. The molecule has 0 atom stereocenters. The summed E-state index contributed by atoms with van der Waals surface area (Å²) in [4.78, 5) is 10.7. The highest BCUT2D eigenvalue weighted by Gasteiger charge is 2.13. The molecule has 0 radical (unpaired) electrons. The highest BCUT2D eigenvalue weighted by molar-refractivity contribution is 5.69. The molecule has 7 nitrogen and oxygen atoms in total. The molecule has 2 heterocycles. The molecule has 0 aliphatic heterocycles. The first-order valence-corrected chi connectivity index (χ1v) is 4.70. The third-order valence-electron chi connectivity index (χ3n) is 2.17. The number of hydrogen-bond donors (Lipinski definition) is 1. The molecule has 0 unspecified atom stereocenters. The Hall–Kier alpha value is -2.18. The van der Waals surface area contributed by atoms with Crippen molar-refractivity contribution in [2.45, 2.75) is 13.3 Å². The van der Waals surface area contributed by atoms with E-state index in [2.05, 4.69) is 15.4 Å². The smallest absolute Gasteiger partial charge is 0.309 e. The summed E-state index contributed by atoms with van der Waals surface area (Å²) in [6.45, 7) is 1.83. The number of carbonyl (C=O) groups is 1. The van der Waals surface area contributed by atoms with Crippen LogP contribution in [-0.2, 0) is 18.3 Å². The molecule has 0 amide bonds. The monoisotopic (exact) mass is 221 g/mol. The highest BCUT2D eigenvalue weighted by atomic mass is 16.4. The van der Waals surface area contributed by atoms with Crippen molar-refractivity contribution in [3.63, 3.8) is 0 Å². The van der Waals surface area contributed by atoms with Crippen LogP contribution >= 0.6 is 0 Å². The lowest BCUT2D eigenvalue weighted by Crippen LogP contribution is -2.08. The number of aryl methyl sites for hydroxylation is 2. The van der Waals surface area contributed by atoms with Gasteiger partial charge in [0.05, 0.1) is 30.2 Å². The van der Waals surface area contributed by atoms with Gasteiger partial charge >= 0.3 is 5.97 Å². The molecule has 2 rings (SSSR count). The number of hydrogen-bond acceptors (Lipinski definition) is 4. The number of carboxylic acid groups (broad SMARTS) is 1. The van der Waals surface area contributed by atoms with Gasteiger partial charge < -0.3 is 5.11 Å². The molecule has 0 spiro atoms. The van der Waals surface area contributed by atoms with Crippen molar-refractivity contribution in [1.82, 2.24) is 24.8 Å². The second-order valence-electron chi connectivity index (χ2n) is 3.48. The van der Waals surface area contributed by atoms with Crippen molar-refractivity contribution in [3.05, 3.63) is 23.8 Å². The van der Waals surface area contributed by atoms with Crippen molar-refractivity contribution in [2.24, 2.45) is 7.05 Å². The zero-order chi connectivity index (χ0) is 11.7. The quantitative estimate of drug-likeness (QED) is 0.784. The number of carboxylic acids is 1. The average molecular weight is 221 g/mol. The molecular weight excluding hydrogens is 210 g/mol. The molecule has 2 aromatic heterocycles. The van der Waals surface area contributed by atoms with E-state index in [1.165, 1.54) is 10.9 Å². The zero-order valence-electron chi connectivity index (χ0n) is 8.95. The molecule has 84 valence electrons. The van der Waals surface area contributed by atoms with Gasteiger partial charge in [0.2, 0.25) is 0 Å². The molecular formula is C9H11N5O2. The Morgan fingerprint density at radius 3 is 2.88 bits per heavy atom. The van der Waals surface area contributed by atoms with E-state index < -0.39 is 5.97 Å². The minimum absolute atomic E-state index is 0.110. The lowest BCUT2D eigenvalue weighted by Gasteiger charge is -2.01. The van der Waals surface area contributed by atoms with E-state index in [0.717, 1.165) is 11.4 Å². The summed E-state index contributed by atoms with van der Waals surface area (Å²) < 4.78 is 3.15. The van der Waals surface area contributed by atoms with Gasteiger partial charge in [-0.15, -0.1) is 5.10 Å². The Balaban J connectivity index is 2.44. The summed E-state index contributed by atoms with van der Waals surface area (Å²) in [5, 5.41) is 20.5. The van der Waals surface area contributed by atoms with Crippen LogP contribution in [0.1, 0.15) is 11.4 Å². The van der Waals surface area contributed by atoms with Crippen LogP contribution in [0.15, 0.2) is 12.4 Å². The fraction of sp³-hybridized carbons (Fsp3) is 0.333. The molecule has 0 fully saturated rings. The van der Waals surface area contributed by atoms with E-state index in [1.807, 2.05) is 6.92 Å². The van der Waals surface area contributed by atoms with E-state index in [1.54, 1.807) is 17.9 Å². The van der Waals surface area contributed by atoms with E-state index in [-0.39, 0.29) is 6.42 Å². The standard InChI is InChI=1S/C9H11N5O2/c1-6-8(5-13(2)11-6)14-7(3-9(15)16)4-10-12-14/h4-5H,3H2,1-2H3,(H,15,16). The molecule has 0 saturated carbocycles. The van der Waals surface area contributed by atoms with E-state index in [4.69, 9.17) is 5.11 Å². The van der Waals surface area contributed by atoms with Crippen LogP contribution in [0.4, 0.5) is 0 Å². The van der Waals surface area contributed by atoms with Gasteiger partial charge in [-0.25, -0.2) is 4.68 Å². The van der Waals surface area contributed by atoms with Crippen molar-refractivity contribution >= 4 is 5.97 Å². The van der Waals surface area contributed by atoms with Gasteiger partial charge in [0.25, 0.3) is 0 Å². The maximum absolute atomic E-state index is 10.7. The summed E-state index contributed by atoms with van der Waals surface area (Å²) in [6.07, 6.45) is 3.11. The molecule has 0 saturated heterocycles. The summed E-state index contributed by atoms with van der Waals surface area (Å²) >= 11 is 0. The molecule has 7 heteroatoms. The Morgan fingerprint density at radius 2 is 2.31 bits per heavy atom. The van der Waals surface area contributed by atoms with Crippen LogP contribution in [0.2, 0.25) is 0 Å². The third-order valence-corrected chi connectivity index (χ3v) is 2.17. The fourth-order valence-corrected chi connectivity index (χ4v) is 1.53. The van der Waals surface area contributed by atoms with Crippen molar-refractivity contribution in [1.29, 1.82) is 0 Å². The van der Waals surface area contributed by atoms with Gasteiger partial charge in [0.1, 0.15) is 5.69 Å². The van der Waals surface area contributed by atoms with Crippen LogP contribution in [0.25, 0.3) is 5.69 Å². The normalized spacial score (nSPS) is 10.6. The lowest BCUT2D eigenvalue weighted by atomic mass is 10.3. The average Bonchev–Trinajstić information content (AvgIpc) is 2.72. The molecule has 0 aromatic carbocycles. The molecule has 2 aromatic rings. The topological polar surface area (TPSA) is 85.8 Å². The largest absolute Gasteiger partial charge is 0.481 e. The third kappa shape index (κ3) is 1.79. The number of aromatic nitrogens is 5. The van der Waals surface area contributed by atoms with Crippen molar-refractivity contribution in [2.75, 3.05) is 0 Å². The zero-order valence-corrected chi connectivity index (χ0v) is 8.95. The first kappa shape index (κ1) is 10.3. The van der Waals surface area contributed by atoms with Gasteiger partial charge in [-0.3, -0.25) is 9.48 Å². The molecule has 1 N–H and O–H groups in total. The predicted molar refractivity (Wildman–Crippen MR) is 54.2 cm³/mol. The van der Waals surface area contributed by atoms with Crippen LogP contribution < -0.4 is 0 Å². The van der Waals surface area contributed by atoms with Gasteiger partial charge in [0, 0.05) is 7.05 Å². The Morgan fingerprint density at radius 1 is 1.56 bits per heavy atom. The lowest BCUT2D eigenvalue weighted by molar-refractivity contribution is -0.136. The van der Waals surface area contributed by atoms with Crippen LogP contribution in [0, 0.1) is 6.92 Å². The maximum atomic E-state index is 10.7. The summed E-state index contributed by atoms with van der Waals surface area (Å²) in [5.41, 5.74) is 2.06. The first-order chi connectivity index (χ1) is 7.58. The number of rotatable bonds is 3. The number of aliphatic carboxylic acids is 1. The van der Waals surface area contributed by atoms with Crippen molar-refractivity contribution < 1.29 is 9.90 Å². The number of nitrogens with zero attached hydrogens (tertiary/aromatic N) is 5. The summed E-state index contributed by atoms with van der Waals surface area (Å²) in [6, 6.07) is 0.